The minimum absolute atomic E-state index is 0.0898. The molecular formula is C14H13N3O2S. The molecule has 0 fully saturated rings. The first kappa shape index (κ1) is 12.9. The minimum atomic E-state index is -0.361. The van der Waals surface area contributed by atoms with Gasteiger partial charge in [0.15, 0.2) is 0 Å². The predicted octanol–water partition coefficient (Wildman–Crippen LogP) is 3.43. The Labute approximate surface area is 119 Å². The first-order valence-electron chi connectivity index (χ1n) is 6.39. The van der Waals surface area contributed by atoms with Crippen molar-refractivity contribution in [1.82, 2.24) is 15.1 Å². The van der Waals surface area contributed by atoms with E-state index in [9.17, 15) is 4.79 Å². The van der Waals surface area contributed by atoms with Crippen molar-refractivity contribution in [2.24, 2.45) is 0 Å². The monoisotopic (exact) mass is 287 g/mol. The number of hydrogen-bond donors (Lipinski definition) is 0. The largest absolute Gasteiger partial charge is 0.338 e. The molecule has 0 bridgehead atoms. The van der Waals surface area contributed by atoms with Crippen LogP contribution in [0, 0.1) is 0 Å². The molecule has 3 heterocycles. The number of hydrogen-bond acceptors (Lipinski definition) is 6. The lowest BCUT2D eigenvalue weighted by Gasteiger charge is -2.01. The second-order valence-electron chi connectivity index (χ2n) is 4.53. The van der Waals surface area contributed by atoms with Crippen molar-refractivity contribution in [3.05, 3.63) is 29.6 Å². The quantitative estimate of drug-likeness (QED) is 0.735. The number of rotatable bonds is 4. The third-order valence-corrected chi connectivity index (χ3v) is 4.06. The van der Waals surface area contributed by atoms with Gasteiger partial charge in [0.05, 0.1) is 16.1 Å². The lowest BCUT2D eigenvalue weighted by molar-refractivity contribution is -0.120. The van der Waals surface area contributed by atoms with E-state index in [2.05, 4.69) is 15.1 Å². The predicted molar refractivity (Wildman–Crippen MR) is 76.6 cm³/mol. The smallest absolute Gasteiger partial charge is 0.237 e. The lowest BCUT2D eigenvalue weighted by atomic mass is 10.1. The van der Waals surface area contributed by atoms with Crippen molar-refractivity contribution in [2.45, 2.75) is 26.2 Å². The third-order valence-electron chi connectivity index (χ3n) is 3.20. The molecule has 0 saturated heterocycles. The summed E-state index contributed by atoms with van der Waals surface area (Å²) in [6.45, 7) is 3.61. The zero-order valence-corrected chi connectivity index (χ0v) is 12.0. The standard InChI is InChI=1S/C14H13N3O2S/c1-3-11(18)8(2)14-16-13(17-19-14)9-6-12-10(15-7-9)4-5-20-12/h4-8H,3H2,1-2H3. The van der Waals surface area contributed by atoms with E-state index in [1.54, 1.807) is 24.5 Å². The molecule has 3 aromatic heterocycles. The number of carbonyl (C=O) groups is 1. The molecule has 5 nitrogen and oxygen atoms in total. The van der Waals surface area contributed by atoms with Crippen molar-refractivity contribution in [3.8, 4) is 11.4 Å². The molecule has 3 aromatic rings. The fourth-order valence-electron chi connectivity index (χ4n) is 1.94. The van der Waals surface area contributed by atoms with Gasteiger partial charge in [-0.1, -0.05) is 12.1 Å². The molecular weight excluding hydrogens is 274 g/mol. The number of Topliss-reactive ketones (excluding diaryl/α,β-unsaturated/α-hetero) is 1. The van der Waals surface area contributed by atoms with Gasteiger partial charge in [-0.3, -0.25) is 9.78 Å². The lowest BCUT2D eigenvalue weighted by Crippen LogP contribution is -2.07. The molecule has 20 heavy (non-hydrogen) atoms. The molecule has 0 aliphatic rings. The van der Waals surface area contributed by atoms with E-state index in [0.29, 0.717) is 18.1 Å². The van der Waals surface area contributed by atoms with Gasteiger partial charge < -0.3 is 4.52 Å². The summed E-state index contributed by atoms with van der Waals surface area (Å²) < 4.78 is 6.27. The van der Waals surface area contributed by atoms with E-state index < -0.39 is 0 Å². The van der Waals surface area contributed by atoms with Gasteiger partial charge in [-0.15, -0.1) is 11.3 Å². The molecule has 0 spiro atoms. The van der Waals surface area contributed by atoms with Crippen molar-refractivity contribution < 1.29 is 9.32 Å². The number of pyridine rings is 1. The first-order chi connectivity index (χ1) is 9.69. The highest BCUT2D eigenvalue weighted by Crippen LogP contribution is 2.25. The van der Waals surface area contributed by atoms with Crippen LogP contribution in [0.5, 0.6) is 0 Å². The molecule has 0 aliphatic heterocycles. The Balaban J connectivity index is 1.94. The molecule has 0 amide bonds. The number of thiophene rings is 1. The fourth-order valence-corrected chi connectivity index (χ4v) is 2.72. The summed E-state index contributed by atoms with van der Waals surface area (Å²) in [4.78, 5) is 20.3. The zero-order valence-electron chi connectivity index (χ0n) is 11.2. The Morgan fingerprint density at radius 2 is 2.35 bits per heavy atom. The summed E-state index contributed by atoms with van der Waals surface area (Å²) >= 11 is 1.61. The number of nitrogens with zero attached hydrogens (tertiary/aromatic N) is 3. The van der Waals surface area contributed by atoms with Crippen LogP contribution >= 0.6 is 11.3 Å². The molecule has 102 valence electrons. The first-order valence-corrected chi connectivity index (χ1v) is 7.27. The van der Waals surface area contributed by atoms with E-state index in [-0.39, 0.29) is 11.7 Å². The van der Waals surface area contributed by atoms with Crippen molar-refractivity contribution in [3.63, 3.8) is 0 Å². The Morgan fingerprint density at radius 3 is 3.15 bits per heavy atom. The van der Waals surface area contributed by atoms with Gasteiger partial charge >= 0.3 is 0 Å². The number of fused-ring (bicyclic) bond motifs is 1. The molecule has 1 unspecified atom stereocenters. The number of aromatic nitrogens is 3. The van der Waals surface area contributed by atoms with Crippen LogP contribution in [-0.2, 0) is 4.79 Å². The van der Waals surface area contributed by atoms with Crippen molar-refractivity contribution >= 4 is 27.3 Å². The maximum Gasteiger partial charge on any atom is 0.237 e. The van der Waals surface area contributed by atoms with Crippen LogP contribution in [0.3, 0.4) is 0 Å². The topological polar surface area (TPSA) is 68.9 Å². The highest BCUT2D eigenvalue weighted by molar-refractivity contribution is 7.17. The van der Waals surface area contributed by atoms with E-state index in [1.165, 1.54) is 0 Å². The van der Waals surface area contributed by atoms with Crippen LogP contribution in [0.4, 0.5) is 0 Å². The molecule has 6 heteroatoms. The Hall–Kier alpha value is -2.08. The molecule has 1 atom stereocenters. The van der Waals surface area contributed by atoms with Gasteiger partial charge in [0, 0.05) is 18.2 Å². The fraction of sp³-hybridized carbons (Fsp3) is 0.286. The van der Waals surface area contributed by atoms with Gasteiger partial charge in [0.1, 0.15) is 5.78 Å². The summed E-state index contributed by atoms with van der Waals surface area (Å²) in [6.07, 6.45) is 2.18. The van der Waals surface area contributed by atoms with Crippen molar-refractivity contribution in [2.75, 3.05) is 0 Å². The van der Waals surface area contributed by atoms with Gasteiger partial charge in [0.25, 0.3) is 0 Å². The van der Waals surface area contributed by atoms with Crippen LogP contribution in [0.25, 0.3) is 21.6 Å². The van der Waals surface area contributed by atoms with Gasteiger partial charge in [-0.25, -0.2) is 0 Å². The van der Waals surface area contributed by atoms with Gasteiger partial charge in [-0.2, -0.15) is 4.98 Å². The summed E-state index contributed by atoms with van der Waals surface area (Å²) in [7, 11) is 0. The molecule has 0 aromatic carbocycles. The SMILES string of the molecule is CCC(=O)C(C)c1nc(-c2cnc3ccsc3c2)no1. The van der Waals surface area contributed by atoms with Crippen LogP contribution in [-0.4, -0.2) is 20.9 Å². The Kier molecular flexibility index (Phi) is 3.31. The summed E-state index contributed by atoms with van der Waals surface area (Å²) in [5.41, 5.74) is 1.75. The highest BCUT2D eigenvalue weighted by atomic mass is 32.1. The molecule has 0 saturated carbocycles. The summed E-state index contributed by atoms with van der Waals surface area (Å²) in [6, 6.07) is 3.95. The van der Waals surface area contributed by atoms with E-state index in [1.807, 2.05) is 24.4 Å². The zero-order chi connectivity index (χ0) is 14.1. The van der Waals surface area contributed by atoms with Crippen LogP contribution < -0.4 is 0 Å². The van der Waals surface area contributed by atoms with E-state index in [0.717, 1.165) is 15.8 Å². The second-order valence-corrected chi connectivity index (χ2v) is 5.47. The molecule has 0 radical (unpaired) electrons. The number of carbonyl (C=O) groups excluding carboxylic acids is 1. The van der Waals surface area contributed by atoms with Gasteiger partial charge in [0.2, 0.25) is 11.7 Å². The highest BCUT2D eigenvalue weighted by Gasteiger charge is 2.20. The summed E-state index contributed by atoms with van der Waals surface area (Å²) in [5.74, 6) is 0.559. The van der Waals surface area contributed by atoms with Crippen LogP contribution in [0.15, 0.2) is 28.2 Å². The van der Waals surface area contributed by atoms with Crippen LogP contribution in [0.1, 0.15) is 32.1 Å². The average Bonchev–Trinajstić information content (AvgIpc) is 3.13. The molecule has 0 N–H and O–H groups in total. The summed E-state index contributed by atoms with van der Waals surface area (Å²) in [5, 5.41) is 5.93. The van der Waals surface area contributed by atoms with Crippen LogP contribution in [0.2, 0.25) is 0 Å². The maximum atomic E-state index is 11.7. The third kappa shape index (κ3) is 2.22. The van der Waals surface area contributed by atoms with E-state index >= 15 is 0 Å². The van der Waals surface area contributed by atoms with E-state index in [4.69, 9.17) is 4.52 Å². The van der Waals surface area contributed by atoms with Gasteiger partial charge in [-0.05, 0) is 24.4 Å². The Bertz CT molecular complexity index is 762. The van der Waals surface area contributed by atoms with Crippen molar-refractivity contribution in [1.29, 1.82) is 0 Å². The minimum Gasteiger partial charge on any atom is -0.338 e. The normalized spacial score (nSPS) is 12.7. The number of ketones is 1. The Morgan fingerprint density at radius 1 is 1.50 bits per heavy atom. The molecule has 3 rings (SSSR count). The average molecular weight is 287 g/mol. The maximum absolute atomic E-state index is 11.7. The molecule has 0 aliphatic carbocycles. The second kappa shape index (κ2) is 5.13.